The minimum atomic E-state index is -0.690. The van der Waals surface area contributed by atoms with Crippen molar-refractivity contribution in [2.45, 2.75) is 13.0 Å². The van der Waals surface area contributed by atoms with Gasteiger partial charge in [-0.05, 0) is 42.8 Å². The summed E-state index contributed by atoms with van der Waals surface area (Å²) in [5.74, 6) is 0.0785. The van der Waals surface area contributed by atoms with Crippen molar-refractivity contribution >= 4 is 44.6 Å². The molecule has 0 spiro atoms. The van der Waals surface area contributed by atoms with Gasteiger partial charge in [-0.15, -0.1) is 0 Å². The van der Waals surface area contributed by atoms with Gasteiger partial charge in [0.1, 0.15) is 11.8 Å². The lowest BCUT2D eigenvalue weighted by atomic mass is 10.2. The van der Waals surface area contributed by atoms with Gasteiger partial charge < -0.3 is 15.4 Å². The van der Waals surface area contributed by atoms with Crippen molar-refractivity contribution in [2.24, 2.45) is 0 Å². The highest BCUT2D eigenvalue weighted by Gasteiger charge is 2.16. The second kappa shape index (κ2) is 8.46. The highest BCUT2D eigenvalue weighted by molar-refractivity contribution is 7.22. The van der Waals surface area contributed by atoms with E-state index >= 15 is 0 Å². The van der Waals surface area contributed by atoms with Crippen LogP contribution in [0.2, 0.25) is 0 Å². The van der Waals surface area contributed by atoms with Crippen LogP contribution in [0.4, 0.5) is 5.13 Å². The standard InChI is InChI=1S/C20H19N3O3S/c1-13(19(25)23-20-22-16-5-3-4-6-17(16)27-20)21-18(24)12-9-14-7-10-15(26-2)11-8-14/h3-13H,1-2H3,(H,21,24)(H,22,23,25)/b12-9+. The summed E-state index contributed by atoms with van der Waals surface area (Å²) in [4.78, 5) is 28.7. The third-order valence-electron chi connectivity index (χ3n) is 3.82. The minimum absolute atomic E-state index is 0.319. The Hall–Kier alpha value is -3.19. The Morgan fingerprint density at radius 1 is 1.15 bits per heavy atom. The molecule has 0 saturated heterocycles. The van der Waals surface area contributed by atoms with E-state index in [1.54, 1.807) is 20.1 Å². The number of hydrogen-bond donors (Lipinski definition) is 2. The van der Waals surface area contributed by atoms with Crippen molar-refractivity contribution in [2.75, 3.05) is 12.4 Å². The number of amides is 2. The highest BCUT2D eigenvalue weighted by Crippen LogP contribution is 2.25. The molecule has 2 N–H and O–H groups in total. The second-order valence-corrected chi connectivity index (χ2v) is 6.84. The molecule has 1 heterocycles. The maximum atomic E-state index is 12.3. The summed E-state index contributed by atoms with van der Waals surface area (Å²) in [6, 6.07) is 14.3. The van der Waals surface area contributed by atoms with E-state index in [0.717, 1.165) is 21.5 Å². The van der Waals surface area contributed by atoms with Crippen LogP contribution in [0.3, 0.4) is 0 Å². The third kappa shape index (κ3) is 4.92. The Labute approximate surface area is 160 Å². The summed E-state index contributed by atoms with van der Waals surface area (Å²) in [6.07, 6.45) is 3.07. The van der Waals surface area contributed by atoms with Gasteiger partial charge in [-0.3, -0.25) is 9.59 Å². The molecule has 138 valence electrons. The van der Waals surface area contributed by atoms with Gasteiger partial charge >= 0.3 is 0 Å². The van der Waals surface area contributed by atoms with Crippen molar-refractivity contribution in [3.63, 3.8) is 0 Å². The van der Waals surface area contributed by atoms with Crippen LogP contribution in [0.5, 0.6) is 5.75 Å². The van der Waals surface area contributed by atoms with Gasteiger partial charge in [0.2, 0.25) is 11.8 Å². The lowest BCUT2D eigenvalue weighted by Crippen LogP contribution is -2.40. The van der Waals surface area contributed by atoms with Crippen LogP contribution in [-0.4, -0.2) is 29.9 Å². The summed E-state index contributed by atoms with van der Waals surface area (Å²) in [5.41, 5.74) is 1.69. The van der Waals surface area contributed by atoms with Crippen LogP contribution < -0.4 is 15.4 Å². The first kappa shape index (κ1) is 18.6. The van der Waals surface area contributed by atoms with Crippen LogP contribution in [0.25, 0.3) is 16.3 Å². The highest BCUT2D eigenvalue weighted by atomic mass is 32.1. The van der Waals surface area contributed by atoms with Crippen LogP contribution in [-0.2, 0) is 9.59 Å². The lowest BCUT2D eigenvalue weighted by molar-refractivity contribution is -0.123. The number of para-hydroxylation sites is 1. The van der Waals surface area contributed by atoms with Gasteiger partial charge in [-0.2, -0.15) is 0 Å². The molecule has 1 aromatic heterocycles. The molecule has 1 unspecified atom stereocenters. The second-order valence-electron chi connectivity index (χ2n) is 5.81. The fourth-order valence-corrected chi connectivity index (χ4v) is 3.22. The number of anilines is 1. The monoisotopic (exact) mass is 381 g/mol. The number of hydrogen-bond acceptors (Lipinski definition) is 5. The molecular weight excluding hydrogens is 362 g/mol. The number of carbonyl (C=O) groups is 2. The summed E-state index contributed by atoms with van der Waals surface area (Å²) in [7, 11) is 1.60. The summed E-state index contributed by atoms with van der Waals surface area (Å²) in [6.45, 7) is 1.63. The van der Waals surface area contributed by atoms with E-state index < -0.39 is 6.04 Å². The third-order valence-corrected chi connectivity index (χ3v) is 4.77. The Morgan fingerprint density at radius 3 is 2.59 bits per heavy atom. The van der Waals surface area contributed by atoms with Crippen molar-refractivity contribution < 1.29 is 14.3 Å². The SMILES string of the molecule is COc1ccc(/C=C/C(=O)NC(C)C(=O)Nc2nc3ccccc3s2)cc1. The zero-order chi connectivity index (χ0) is 19.2. The minimum Gasteiger partial charge on any atom is -0.497 e. The molecule has 0 aliphatic heterocycles. The van der Waals surface area contributed by atoms with Crippen LogP contribution in [0, 0.1) is 0 Å². The number of nitrogens with zero attached hydrogens (tertiary/aromatic N) is 1. The molecule has 3 aromatic rings. The Kier molecular flexibility index (Phi) is 5.83. The lowest BCUT2D eigenvalue weighted by Gasteiger charge is -2.11. The number of methoxy groups -OCH3 is 1. The van der Waals surface area contributed by atoms with Gasteiger partial charge in [0.25, 0.3) is 0 Å². The molecule has 6 nitrogen and oxygen atoms in total. The quantitative estimate of drug-likeness (QED) is 0.641. The topological polar surface area (TPSA) is 80.3 Å². The molecule has 0 aliphatic rings. The maximum Gasteiger partial charge on any atom is 0.248 e. The smallest absolute Gasteiger partial charge is 0.248 e. The predicted octanol–water partition coefficient (Wildman–Crippen LogP) is 3.46. The number of rotatable bonds is 6. The number of carbonyl (C=O) groups excluding carboxylic acids is 2. The molecule has 2 aromatic carbocycles. The summed E-state index contributed by atoms with van der Waals surface area (Å²) >= 11 is 1.39. The summed E-state index contributed by atoms with van der Waals surface area (Å²) < 4.78 is 6.08. The van der Waals surface area contributed by atoms with E-state index in [2.05, 4.69) is 15.6 Å². The molecule has 0 bridgehead atoms. The van der Waals surface area contributed by atoms with E-state index in [-0.39, 0.29) is 11.8 Å². The van der Waals surface area contributed by atoms with Crippen LogP contribution in [0.1, 0.15) is 12.5 Å². The largest absolute Gasteiger partial charge is 0.497 e. The Bertz CT molecular complexity index is 947. The van der Waals surface area contributed by atoms with E-state index in [9.17, 15) is 9.59 Å². The number of aromatic nitrogens is 1. The van der Waals surface area contributed by atoms with Crippen molar-refractivity contribution in [1.29, 1.82) is 0 Å². The molecule has 7 heteroatoms. The zero-order valence-corrected chi connectivity index (χ0v) is 15.7. The first-order valence-electron chi connectivity index (χ1n) is 8.34. The maximum absolute atomic E-state index is 12.3. The number of nitrogens with one attached hydrogen (secondary N) is 2. The van der Waals surface area contributed by atoms with Crippen molar-refractivity contribution in [3.05, 3.63) is 60.2 Å². The predicted molar refractivity (Wildman–Crippen MR) is 108 cm³/mol. The van der Waals surface area contributed by atoms with E-state index in [4.69, 9.17) is 4.74 Å². The van der Waals surface area contributed by atoms with Crippen LogP contribution in [0.15, 0.2) is 54.6 Å². The van der Waals surface area contributed by atoms with E-state index in [1.165, 1.54) is 17.4 Å². The first-order chi connectivity index (χ1) is 13.0. The summed E-state index contributed by atoms with van der Waals surface area (Å²) in [5, 5.41) is 5.89. The first-order valence-corrected chi connectivity index (χ1v) is 9.16. The zero-order valence-electron chi connectivity index (χ0n) is 14.9. The average Bonchev–Trinajstić information content (AvgIpc) is 3.09. The fraction of sp³-hybridized carbons (Fsp3) is 0.150. The molecule has 0 saturated carbocycles. The van der Waals surface area contributed by atoms with Crippen molar-refractivity contribution in [1.82, 2.24) is 10.3 Å². The molecule has 27 heavy (non-hydrogen) atoms. The van der Waals surface area contributed by atoms with Gasteiger partial charge in [0.05, 0.1) is 17.3 Å². The van der Waals surface area contributed by atoms with Gasteiger partial charge in [-0.1, -0.05) is 35.6 Å². The molecular formula is C20H19N3O3S. The normalized spacial score (nSPS) is 12.1. The van der Waals surface area contributed by atoms with Gasteiger partial charge in [-0.25, -0.2) is 4.98 Å². The number of fused-ring (bicyclic) bond motifs is 1. The molecule has 0 radical (unpaired) electrons. The Morgan fingerprint density at radius 2 is 1.89 bits per heavy atom. The molecule has 2 amide bonds. The number of benzene rings is 2. The van der Waals surface area contributed by atoms with Gasteiger partial charge in [0, 0.05) is 6.08 Å². The van der Waals surface area contributed by atoms with E-state index in [0.29, 0.717) is 5.13 Å². The molecule has 3 rings (SSSR count). The Balaban J connectivity index is 1.54. The average molecular weight is 381 g/mol. The number of thiazole rings is 1. The van der Waals surface area contributed by atoms with Gasteiger partial charge in [0.15, 0.2) is 5.13 Å². The number of ether oxygens (including phenoxy) is 1. The van der Waals surface area contributed by atoms with Crippen molar-refractivity contribution in [3.8, 4) is 5.75 Å². The van der Waals surface area contributed by atoms with Crippen LogP contribution >= 0.6 is 11.3 Å². The molecule has 0 fully saturated rings. The van der Waals surface area contributed by atoms with E-state index in [1.807, 2.05) is 48.5 Å². The molecule has 0 aliphatic carbocycles. The molecule has 1 atom stereocenters. The fourth-order valence-electron chi connectivity index (χ4n) is 2.35.